The van der Waals surface area contributed by atoms with E-state index in [0.717, 1.165) is 6.07 Å². The lowest BCUT2D eigenvalue weighted by molar-refractivity contribution is -0.147. The quantitative estimate of drug-likeness (QED) is 0.630. The molecule has 3 N–H and O–H groups in total. The van der Waals surface area contributed by atoms with Crippen LogP contribution in [0.4, 0.5) is 0 Å². The molecule has 0 radical (unpaired) electrons. The number of fused-ring (bicyclic) bond motifs is 1. The van der Waals surface area contributed by atoms with Crippen LogP contribution in [0.25, 0.3) is 0 Å². The van der Waals surface area contributed by atoms with Gasteiger partial charge >= 0.3 is 5.97 Å². The minimum absolute atomic E-state index is 0.0398. The van der Waals surface area contributed by atoms with Gasteiger partial charge in [-0.3, -0.25) is 9.59 Å². The molecule has 0 amide bonds. The third-order valence-corrected chi connectivity index (χ3v) is 3.70. The summed E-state index contributed by atoms with van der Waals surface area (Å²) in [4.78, 5) is 24.2. The topological polar surface area (TPSA) is 104 Å². The Morgan fingerprint density at radius 3 is 2.64 bits per heavy atom. The zero-order valence-electron chi connectivity index (χ0n) is 12.4. The van der Waals surface area contributed by atoms with E-state index in [9.17, 15) is 24.9 Å². The van der Waals surface area contributed by atoms with Crippen molar-refractivity contribution in [3.63, 3.8) is 0 Å². The fourth-order valence-electron chi connectivity index (χ4n) is 2.67. The third-order valence-electron chi connectivity index (χ3n) is 3.70. The number of phenols is 2. The number of hydrogen-bond donors (Lipinski definition) is 3. The molecule has 1 unspecified atom stereocenters. The second-order valence-corrected chi connectivity index (χ2v) is 5.69. The van der Waals surface area contributed by atoms with Crippen molar-refractivity contribution in [3.05, 3.63) is 23.3 Å². The summed E-state index contributed by atoms with van der Waals surface area (Å²) < 4.78 is 5.24. The summed E-state index contributed by atoms with van der Waals surface area (Å²) >= 11 is 0. The van der Waals surface area contributed by atoms with E-state index in [0.29, 0.717) is 19.3 Å². The number of rotatable bonds is 0. The van der Waals surface area contributed by atoms with Gasteiger partial charge < -0.3 is 20.1 Å². The first-order valence-electron chi connectivity index (χ1n) is 7.32. The van der Waals surface area contributed by atoms with Crippen molar-refractivity contribution in [2.45, 2.75) is 51.2 Å². The first-order chi connectivity index (χ1) is 10.4. The summed E-state index contributed by atoms with van der Waals surface area (Å²) in [6.45, 7) is 1.77. The number of ether oxygens (including phenoxy) is 1. The van der Waals surface area contributed by atoms with Gasteiger partial charge in [-0.25, -0.2) is 0 Å². The second-order valence-electron chi connectivity index (χ2n) is 5.69. The van der Waals surface area contributed by atoms with E-state index < -0.39 is 23.6 Å². The molecule has 2 atom stereocenters. The number of aliphatic hydroxyl groups is 1. The first-order valence-corrected chi connectivity index (χ1v) is 7.32. The Morgan fingerprint density at radius 2 is 1.91 bits per heavy atom. The molecule has 2 rings (SSSR count). The number of carbonyl (C=O) groups is 2. The van der Waals surface area contributed by atoms with Crippen LogP contribution in [-0.2, 0) is 16.0 Å². The van der Waals surface area contributed by atoms with Gasteiger partial charge in [0.25, 0.3) is 0 Å². The van der Waals surface area contributed by atoms with Crippen molar-refractivity contribution in [3.8, 4) is 11.5 Å². The fourth-order valence-corrected chi connectivity index (χ4v) is 2.67. The summed E-state index contributed by atoms with van der Waals surface area (Å²) in [7, 11) is 0. The van der Waals surface area contributed by atoms with E-state index in [4.69, 9.17) is 4.74 Å². The number of carbonyl (C=O) groups excluding carboxylic acids is 2. The van der Waals surface area contributed by atoms with E-state index in [1.165, 1.54) is 6.07 Å². The molecule has 0 bridgehead atoms. The normalized spacial score (nSPS) is 23.9. The van der Waals surface area contributed by atoms with Gasteiger partial charge in [-0.15, -0.1) is 0 Å². The minimum atomic E-state index is -0.809. The molecule has 1 aromatic rings. The number of aromatic hydroxyl groups is 2. The summed E-state index contributed by atoms with van der Waals surface area (Å²) in [5.74, 6) is -1.61. The van der Waals surface area contributed by atoms with Crippen molar-refractivity contribution in [2.75, 3.05) is 0 Å². The van der Waals surface area contributed by atoms with E-state index in [1.54, 1.807) is 6.92 Å². The molecule has 6 nitrogen and oxygen atoms in total. The van der Waals surface area contributed by atoms with Crippen LogP contribution in [0.1, 0.15) is 48.5 Å². The highest BCUT2D eigenvalue weighted by atomic mass is 16.5. The van der Waals surface area contributed by atoms with Crippen LogP contribution in [0.5, 0.6) is 11.5 Å². The molecule has 6 heteroatoms. The van der Waals surface area contributed by atoms with Gasteiger partial charge in [0.1, 0.15) is 11.5 Å². The number of ketones is 1. The Kier molecular flexibility index (Phi) is 5.03. The molecule has 1 aliphatic heterocycles. The van der Waals surface area contributed by atoms with Crippen molar-refractivity contribution < 1.29 is 29.6 Å². The molecule has 0 fully saturated rings. The molecule has 0 aliphatic carbocycles. The molecule has 0 saturated carbocycles. The maximum atomic E-state index is 12.3. The number of cyclic esters (lactones) is 1. The van der Waals surface area contributed by atoms with Gasteiger partial charge in [-0.1, -0.05) is 0 Å². The molecule has 22 heavy (non-hydrogen) atoms. The molecular weight excluding hydrogens is 288 g/mol. The molecule has 120 valence electrons. The fraction of sp³-hybridized carbons (Fsp3) is 0.500. The van der Waals surface area contributed by atoms with Crippen molar-refractivity contribution in [1.82, 2.24) is 0 Å². The number of aliphatic hydroxyl groups excluding tert-OH is 1. The number of phenolic OH excluding ortho intramolecular Hbond substituents is 2. The van der Waals surface area contributed by atoms with E-state index in [-0.39, 0.29) is 35.8 Å². The van der Waals surface area contributed by atoms with Gasteiger partial charge in [-0.05, 0) is 37.8 Å². The van der Waals surface area contributed by atoms with E-state index in [2.05, 4.69) is 0 Å². The van der Waals surface area contributed by atoms with Crippen LogP contribution in [-0.4, -0.2) is 39.3 Å². The summed E-state index contributed by atoms with van der Waals surface area (Å²) in [5.41, 5.74) is 0.162. The monoisotopic (exact) mass is 308 g/mol. The van der Waals surface area contributed by atoms with Gasteiger partial charge in [0, 0.05) is 12.5 Å². The van der Waals surface area contributed by atoms with Gasteiger partial charge in [0.2, 0.25) is 0 Å². The van der Waals surface area contributed by atoms with Gasteiger partial charge in [0.05, 0.1) is 24.2 Å². The van der Waals surface area contributed by atoms with E-state index in [1.807, 2.05) is 0 Å². The predicted molar refractivity (Wildman–Crippen MR) is 77.8 cm³/mol. The summed E-state index contributed by atoms with van der Waals surface area (Å²) in [6, 6.07) is 2.31. The number of hydrogen-bond acceptors (Lipinski definition) is 6. The Hall–Kier alpha value is -2.08. The molecule has 1 heterocycles. The van der Waals surface area contributed by atoms with Crippen molar-refractivity contribution in [1.29, 1.82) is 0 Å². The van der Waals surface area contributed by atoms with Crippen LogP contribution in [0.15, 0.2) is 12.1 Å². The van der Waals surface area contributed by atoms with Crippen LogP contribution >= 0.6 is 0 Å². The highest BCUT2D eigenvalue weighted by Crippen LogP contribution is 2.30. The molecule has 0 spiro atoms. The molecule has 1 aromatic carbocycles. The zero-order valence-corrected chi connectivity index (χ0v) is 12.4. The zero-order chi connectivity index (χ0) is 16.3. The number of Topliss-reactive ketones (excluding diaryl/α,β-unsaturated/α-hetero) is 1. The second kappa shape index (κ2) is 6.79. The predicted octanol–water partition coefficient (Wildman–Crippen LogP) is 1.69. The van der Waals surface area contributed by atoms with Crippen molar-refractivity contribution >= 4 is 11.8 Å². The molecule has 1 aliphatic rings. The lowest BCUT2D eigenvalue weighted by Crippen LogP contribution is -2.21. The average molecular weight is 308 g/mol. The Morgan fingerprint density at radius 1 is 1.18 bits per heavy atom. The standard InChI is InChI=1S/C16H20O6/c1-9-3-2-4-11(17)7-13(19)16-10(6-15(21)22-9)5-12(18)8-14(16)20/h5,8-9,11,17-18,20H,2-4,6-7H2,1H3/t9-,11?/m0/s1. The Balaban J connectivity index is 2.40. The first kappa shape index (κ1) is 16.3. The number of benzene rings is 1. The highest BCUT2D eigenvalue weighted by Gasteiger charge is 2.24. The van der Waals surface area contributed by atoms with Gasteiger partial charge in [-0.2, -0.15) is 0 Å². The Bertz CT molecular complexity index is 580. The lowest BCUT2D eigenvalue weighted by atomic mass is 9.94. The highest BCUT2D eigenvalue weighted by molar-refractivity contribution is 6.01. The van der Waals surface area contributed by atoms with Gasteiger partial charge in [0.15, 0.2) is 5.78 Å². The van der Waals surface area contributed by atoms with Crippen LogP contribution < -0.4 is 0 Å². The average Bonchev–Trinajstić information content (AvgIpc) is 2.35. The SMILES string of the molecule is C[C@H]1CCCC(O)CC(=O)c2c(O)cc(O)cc2CC(=O)O1. The maximum absolute atomic E-state index is 12.3. The van der Waals surface area contributed by atoms with Crippen LogP contribution in [0.3, 0.4) is 0 Å². The maximum Gasteiger partial charge on any atom is 0.310 e. The third kappa shape index (κ3) is 3.98. The largest absolute Gasteiger partial charge is 0.508 e. The summed E-state index contributed by atoms with van der Waals surface area (Å²) in [5, 5.41) is 29.4. The smallest absolute Gasteiger partial charge is 0.310 e. The molecule has 0 saturated heterocycles. The van der Waals surface area contributed by atoms with Crippen LogP contribution in [0.2, 0.25) is 0 Å². The Labute approximate surface area is 128 Å². The number of esters is 1. The van der Waals surface area contributed by atoms with Crippen LogP contribution in [0, 0.1) is 0 Å². The lowest BCUT2D eigenvalue weighted by Gasteiger charge is -2.18. The minimum Gasteiger partial charge on any atom is -0.508 e. The van der Waals surface area contributed by atoms with E-state index >= 15 is 0 Å². The molecular formula is C16H20O6. The van der Waals surface area contributed by atoms with Crippen molar-refractivity contribution in [2.24, 2.45) is 0 Å². The summed E-state index contributed by atoms with van der Waals surface area (Å²) in [6.07, 6.45) is 0.215. The molecule has 0 aromatic heterocycles.